The number of rotatable bonds is 4. The van der Waals surface area contributed by atoms with Crippen LogP contribution in [0, 0.1) is 5.92 Å². The first-order valence-corrected chi connectivity index (χ1v) is 7.26. The summed E-state index contributed by atoms with van der Waals surface area (Å²) in [5.74, 6) is 1.60. The maximum atomic E-state index is 9.67. The SMILES string of the molecule is CCC1CCCN(C(C)c2ccc(O)c(OC)c2)C1. The second kappa shape index (κ2) is 6.29. The number of phenols is 1. The van der Waals surface area contributed by atoms with Crippen LogP contribution in [0.25, 0.3) is 0 Å². The maximum absolute atomic E-state index is 9.67. The van der Waals surface area contributed by atoms with Crippen LogP contribution in [0.4, 0.5) is 0 Å². The Balaban J connectivity index is 2.12. The molecule has 1 heterocycles. The molecule has 0 aromatic heterocycles. The van der Waals surface area contributed by atoms with Gasteiger partial charge in [-0.15, -0.1) is 0 Å². The fourth-order valence-corrected chi connectivity index (χ4v) is 2.95. The van der Waals surface area contributed by atoms with Crippen LogP contribution in [-0.2, 0) is 0 Å². The third kappa shape index (κ3) is 3.21. The van der Waals surface area contributed by atoms with E-state index < -0.39 is 0 Å². The summed E-state index contributed by atoms with van der Waals surface area (Å²) in [6.45, 7) is 6.87. The number of phenolic OH excluding ortho intramolecular Hbond substituents is 1. The molecule has 0 saturated carbocycles. The van der Waals surface area contributed by atoms with Gasteiger partial charge in [0.1, 0.15) is 0 Å². The van der Waals surface area contributed by atoms with E-state index in [2.05, 4.69) is 18.7 Å². The van der Waals surface area contributed by atoms with Crippen molar-refractivity contribution in [2.24, 2.45) is 5.92 Å². The number of piperidine rings is 1. The summed E-state index contributed by atoms with van der Waals surface area (Å²) in [6.07, 6.45) is 3.92. The van der Waals surface area contributed by atoms with E-state index in [4.69, 9.17) is 4.74 Å². The summed E-state index contributed by atoms with van der Waals surface area (Å²) < 4.78 is 5.20. The molecular formula is C16H25NO2. The van der Waals surface area contributed by atoms with E-state index in [-0.39, 0.29) is 5.75 Å². The number of methoxy groups -OCH3 is 1. The molecule has 0 spiro atoms. The average molecular weight is 263 g/mol. The van der Waals surface area contributed by atoms with Crippen LogP contribution in [0.2, 0.25) is 0 Å². The highest BCUT2D eigenvalue weighted by Gasteiger charge is 2.23. The van der Waals surface area contributed by atoms with E-state index in [0.29, 0.717) is 11.8 Å². The average Bonchev–Trinajstić information content (AvgIpc) is 2.47. The second-order valence-electron chi connectivity index (χ2n) is 5.52. The van der Waals surface area contributed by atoms with Crippen molar-refractivity contribution in [1.82, 2.24) is 4.90 Å². The Bertz CT molecular complexity index is 419. The predicted molar refractivity (Wildman–Crippen MR) is 77.7 cm³/mol. The minimum absolute atomic E-state index is 0.212. The van der Waals surface area contributed by atoms with Gasteiger partial charge < -0.3 is 9.84 Å². The first-order chi connectivity index (χ1) is 9.15. The van der Waals surface area contributed by atoms with Crippen LogP contribution >= 0.6 is 0 Å². The molecule has 2 atom stereocenters. The highest BCUT2D eigenvalue weighted by molar-refractivity contribution is 5.42. The van der Waals surface area contributed by atoms with E-state index >= 15 is 0 Å². The molecule has 19 heavy (non-hydrogen) atoms. The predicted octanol–water partition coefficient (Wildman–Crippen LogP) is 3.58. The molecule has 106 valence electrons. The molecule has 1 aliphatic heterocycles. The highest BCUT2D eigenvalue weighted by atomic mass is 16.5. The molecule has 2 unspecified atom stereocenters. The second-order valence-corrected chi connectivity index (χ2v) is 5.52. The van der Waals surface area contributed by atoms with Gasteiger partial charge in [0.05, 0.1) is 7.11 Å². The number of hydrogen-bond donors (Lipinski definition) is 1. The minimum Gasteiger partial charge on any atom is -0.504 e. The molecule has 2 rings (SSSR count). The molecular weight excluding hydrogens is 238 g/mol. The van der Waals surface area contributed by atoms with Crippen molar-refractivity contribution in [3.8, 4) is 11.5 Å². The zero-order chi connectivity index (χ0) is 13.8. The number of likely N-dealkylation sites (tertiary alicyclic amines) is 1. The normalized spacial score (nSPS) is 22.2. The Morgan fingerprint density at radius 3 is 2.95 bits per heavy atom. The summed E-state index contributed by atoms with van der Waals surface area (Å²) in [6, 6.07) is 6.06. The van der Waals surface area contributed by atoms with Crippen LogP contribution in [0.15, 0.2) is 18.2 Å². The van der Waals surface area contributed by atoms with Gasteiger partial charge >= 0.3 is 0 Å². The third-order valence-corrected chi connectivity index (χ3v) is 4.36. The molecule has 1 fully saturated rings. The number of nitrogens with zero attached hydrogens (tertiary/aromatic N) is 1. The quantitative estimate of drug-likeness (QED) is 0.901. The fourth-order valence-electron chi connectivity index (χ4n) is 2.95. The van der Waals surface area contributed by atoms with Gasteiger partial charge in [0.2, 0.25) is 0 Å². The van der Waals surface area contributed by atoms with E-state index in [1.165, 1.54) is 37.9 Å². The molecule has 3 nitrogen and oxygen atoms in total. The van der Waals surface area contributed by atoms with E-state index in [0.717, 1.165) is 5.92 Å². The lowest BCUT2D eigenvalue weighted by molar-refractivity contribution is 0.129. The summed E-state index contributed by atoms with van der Waals surface area (Å²) in [5.41, 5.74) is 1.21. The smallest absolute Gasteiger partial charge is 0.160 e. The first-order valence-electron chi connectivity index (χ1n) is 7.26. The van der Waals surface area contributed by atoms with E-state index in [9.17, 15) is 5.11 Å². The molecule has 3 heteroatoms. The zero-order valence-corrected chi connectivity index (χ0v) is 12.2. The maximum Gasteiger partial charge on any atom is 0.160 e. The monoisotopic (exact) mass is 263 g/mol. The lowest BCUT2D eigenvalue weighted by Crippen LogP contribution is -2.37. The Kier molecular flexibility index (Phi) is 4.70. The van der Waals surface area contributed by atoms with Crippen molar-refractivity contribution in [1.29, 1.82) is 0 Å². The lowest BCUT2D eigenvalue weighted by Gasteiger charge is -2.36. The van der Waals surface area contributed by atoms with Gasteiger partial charge in [-0.3, -0.25) is 4.90 Å². The highest BCUT2D eigenvalue weighted by Crippen LogP contribution is 2.33. The van der Waals surface area contributed by atoms with Crippen LogP contribution in [0.1, 0.15) is 44.7 Å². The van der Waals surface area contributed by atoms with E-state index in [1.807, 2.05) is 12.1 Å². The van der Waals surface area contributed by atoms with Crippen LogP contribution in [0.5, 0.6) is 11.5 Å². The van der Waals surface area contributed by atoms with Crippen molar-refractivity contribution in [2.75, 3.05) is 20.2 Å². The molecule has 1 saturated heterocycles. The van der Waals surface area contributed by atoms with Gasteiger partial charge in [-0.1, -0.05) is 19.4 Å². The Labute approximate surface area is 116 Å². The number of aromatic hydroxyl groups is 1. The Hall–Kier alpha value is -1.22. The molecule has 0 amide bonds. The van der Waals surface area contributed by atoms with Gasteiger partial charge in [0.25, 0.3) is 0 Å². The summed E-state index contributed by atoms with van der Waals surface area (Å²) in [7, 11) is 1.59. The number of benzene rings is 1. The van der Waals surface area contributed by atoms with Gasteiger partial charge in [-0.2, -0.15) is 0 Å². The molecule has 0 bridgehead atoms. The molecule has 1 N–H and O–H groups in total. The zero-order valence-electron chi connectivity index (χ0n) is 12.2. The van der Waals surface area contributed by atoms with Gasteiger partial charge in [-0.05, 0) is 49.9 Å². The lowest BCUT2D eigenvalue weighted by atomic mass is 9.93. The summed E-state index contributed by atoms with van der Waals surface area (Å²) in [5, 5.41) is 9.67. The largest absolute Gasteiger partial charge is 0.504 e. The van der Waals surface area contributed by atoms with Gasteiger partial charge in [0.15, 0.2) is 11.5 Å². The van der Waals surface area contributed by atoms with Crippen molar-refractivity contribution >= 4 is 0 Å². The topological polar surface area (TPSA) is 32.7 Å². The minimum atomic E-state index is 0.212. The molecule has 0 aliphatic carbocycles. The van der Waals surface area contributed by atoms with Crippen LogP contribution in [-0.4, -0.2) is 30.2 Å². The first kappa shape index (κ1) is 14.2. The van der Waals surface area contributed by atoms with Crippen LogP contribution < -0.4 is 4.74 Å². The molecule has 1 aromatic rings. The standard InChI is InChI=1S/C16H25NO2/c1-4-13-6-5-9-17(11-13)12(2)14-7-8-15(18)16(10-14)19-3/h7-8,10,12-13,18H,4-6,9,11H2,1-3H3. The summed E-state index contributed by atoms with van der Waals surface area (Å²) in [4.78, 5) is 2.55. The van der Waals surface area contributed by atoms with E-state index in [1.54, 1.807) is 13.2 Å². The van der Waals surface area contributed by atoms with Crippen molar-refractivity contribution in [3.63, 3.8) is 0 Å². The van der Waals surface area contributed by atoms with Gasteiger partial charge in [0, 0.05) is 12.6 Å². The molecule has 1 aromatic carbocycles. The van der Waals surface area contributed by atoms with Crippen LogP contribution in [0.3, 0.4) is 0 Å². The van der Waals surface area contributed by atoms with Gasteiger partial charge in [-0.25, -0.2) is 0 Å². The van der Waals surface area contributed by atoms with Crippen molar-refractivity contribution in [3.05, 3.63) is 23.8 Å². The third-order valence-electron chi connectivity index (χ3n) is 4.36. The number of ether oxygens (including phenoxy) is 1. The summed E-state index contributed by atoms with van der Waals surface area (Å²) >= 11 is 0. The molecule has 0 radical (unpaired) electrons. The number of hydrogen-bond acceptors (Lipinski definition) is 3. The van der Waals surface area contributed by atoms with Crippen molar-refractivity contribution < 1.29 is 9.84 Å². The Morgan fingerprint density at radius 2 is 2.26 bits per heavy atom. The van der Waals surface area contributed by atoms with Crippen molar-refractivity contribution in [2.45, 2.75) is 39.2 Å². The fraction of sp³-hybridized carbons (Fsp3) is 0.625. The molecule has 1 aliphatic rings. The Morgan fingerprint density at radius 1 is 1.47 bits per heavy atom.